The van der Waals surface area contributed by atoms with Crippen LogP contribution in [0.25, 0.3) is 0 Å². The number of para-hydroxylation sites is 1. The highest BCUT2D eigenvalue weighted by Gasteiger charge is 2.27. The van der Waals surface area contributed by atoms with Crippen molar-refractivity contribution in [2.75, 3.05) is 11.9 Å². The maximum absolute atomic E-state index is 11.2. The van der Waals surface area contributed by atoms with Crippen molar-refractivity contribution in [1.29, 1.82) is 0 Å². The molecule has 0 spiro atoms. The van der Waals surface area contributed by atoms with E-state index in [-0.39, 0.29) is 17.3 Å². The molecule has 1 aromatic carbocycles. The molecule has 1 unspecified atom stereocenters. The first-order chi connectivity index (χ1) is 9.25. The first-order valence-corrected chi connectivity index (χ1v) is 6.49. The quantitative estimate of drug-likeness (QED) is 0.639. The van der Waals surface area contributed by atoms with Crippen LogP contribution in [0.1, 0.15) is 37.6 Å². The van der Waals surface area contributed by atoms with E-state index >= 15 is 0 Å². The molecule has 0 aliphatic rings. The number of nitro benzene ring substituents is 1. The molecule has 0 radical (unpaired) electrons. The van der Waals surface area contributed by atoms with E-state index in [0.29, 0.717) is 11.6 Å². The van der Waals surface area contributed by atoms with Gasteiger partial charge in [-0.05, 0) is 31.4 Å². The molecule has 0 aliphatic carbocycles. The van der Waals surface area contributed by atoms with Gasteiger partial charge in [0.1, 0.15) is 11.3 Å². The summed E-state index contributed by atoms with van der Waals surface area (Å²) in [6.45, 7) is 6.12. The zero-order chi connectivity index (χ0) is 15.4. The molecule has 0 aliphatic heterocycles. The average molecular weight is 280 g/mol. The van der Waals surface area contributed by atoms with Crippen LogP contribution in [0.2, 0.25) is 0 Å². The van der Waals surface area contributed by atoms with Gasteiger partial charge in [0.15, 0.2) is 0 Å². The Bertz CT molecular complexity index is 514. The zero-order valence-electron chi connectivity index (χ0n) is 12.2. The summed E-state index contributed by atoms with van der Waals surface area (Å²) in [5.41, 5.74) is -0.294. The number of aromatic carboxylic acids is 1. The summed E-state index contributed by atoms with van der Waals surface area (Å²) >= 11 is 0. The molecule has 110 valence electrons. The number of carboxylic acids is 1. The molecule has 0 aromatic heterocycles. The molecule has 1 aromatic rings. The molecule has 1 N–H and O–H groups in total. The normalized spacial score (nSPS) is 12.2. The maximum Gasteiger partial charge on any atom is 0.342 e. The number of anilines is 1. The molecule has 1 rings (SSSR count). The number of nitro groups is 1. The van der Waals surface area contributed by atoms with Crippen molar-refractivity contribution in [3.8, 4) is 0 Å². The minimum Gasteiger partial charge on any atom is -0.477 e. The van der Waals surface area contributed by atoms with E-state index in [2.05, 4.69) is 13.8 Å². The largest absolute Gasteiger partial charge is 0.477 e. The van der Waals surface area contributed by atoms with E-state index in [0.717, 1.165) is 6.42 Å². The third-order valence-electron chi connectivity index (χ3n) is 3.28. The van der Waals surface area contributed by atoms with E-state index in [1.807, 2.05) is 6.92 Å². The number of carbonyl (C=O) groups is 1. The molecule has 0 saturated carbocycles. The standard InChI is InChI=1S/C14H20N2O4/c1-9(2)8-10(3)15(4)12-7-5-6-11(14(17)18)13(12)16(19)20/h5-7,9-10H,8H2,1-4H3,(H,17,18). The van der Waals surface area contributed by atoms with Crippen molar-refractivity contribution in [1.82, 2.24) is 0 Å². The van der Waals surface area contributed by atoms with Gasteiger partial charge in [-0.25, -0.2) is 4.79 Å². The highest BCUT2D eigenvalue weighted by atomic mass is 16.6. The molecule has 0 saturated heterocycles. The van der Waals surface area contributed by atoms with Gasteiger partial charge in [-0.3, -0.25) is 10.1 Å². The molecule has 0 amide bonds. The van der Waals surface area contributed by atoms with Crippen LogP contribution >= 0.6 is 0 Å². The predicted molar refractivity (Wildman–Crippen MR) is 77.4 cm³/mol. The Labute approximate surface area is 118 Å². The molecular weight excluding hydrogens is 260 g/mol. The fourth-order valence-corrected chi connectivity index (χ4v) is 2.26. The monoisotopic (exact) mass is 280 g/mol. The molecule has 6 nitrogen and oxygen atoms in total. The fraction of sp³-hybridized carbons (Fsp3) is 0.500. The minimum atomic E-state index is -1.29. The lowest BCUT2D eigenvalue weighted by molar-refractivity contribution is -0.384. The van der Waals surface area contributed by atoms with Gasteiger partial charge in [0.25, 0.3) is 0 Å². The van der Waals surface area contributed by atoms with Crippen molar-refractivity contribution in [2.24, 2.45) is 5.92 Å². The van der Waals surface area contributed by atoms with Crippen LogP contribution in [-0.2, 0) is 0 Å². The minimum absolute atomic E-state index is 0.0812. The smallest absolute Gasteiger partial charge is 0.342 e. The molecule has 0 heterocycles. The van der Waals surface area contributed by atoms with Crippen LogP contribution < -0.4 is 4.90 Å². The summed E-state index contributed by atoms with van der Waals surface area (Å²) < 4.78 is 0. The summed E-state index contributed by atoms with van der Waals surface area (Å²) in [7, 11) is 1.75. The Morgan fingerprint density at radius 2 is 2.00 bits per heavy atom. The zero-order valence-corrected chi connectivity index (χ0v) is 12.2. The van der Waals surface area contributed by atoms with Gasteiger partial charge in [-0.1, -0.05) is 19.9 Å². The predicted octanol–water partition coefficient (Wildman–Crippen LogP) is 3.16. The molecule has 0 fully saturated rings. The summed E-state index contributed by atoms with van der Waals surface area (Å²) in [4.78, 5) is 23.5. The third kappa shape index (κ3) is 3.46. The second-order valence-electron chi connectivity index (χ2n) is 5.33. The third-order valence-corrected chi connectivity index (χ3v) is 3.28. The summed E-state index contributed by atoms with van der Waals surface area (Å²) in [6.07, 6.45) is 0.866. The number of carboxylic acid groups (broad SMARTS) is 1. The van der Waals surface area contributed by atoms with Crippen molar-refractivity contribution in [3.05, 3.63) is 33.9 Å². The van der Waals surface area contributed by atoms with Gasteiger partial charge >= 0.3 is 11.7 Å². The summed E-state index contributed by atoms with van der Waals surface area (Å²) in [6, 6.07) is 4.45. The van der Waals surface area contributed by atoms with Crippen LogP contribution in [0, 0.1) is 16.0 Å². The molecule has 20 heavy (non-hydrogen) atoms. The number of rotatable bonds is 6. The van der Waals surface area contributed by atoms with Crippen LogP contribution in [0.15, 0.2) is 18.2 Å². The second kappa shape index (κ2) is 6.36. The van der Waals surface area contributed by atoms with Crippen molar-refractivity contribution < 1.29 is 14.8 Å². The van der Waals surface area contributed by atoms with Gasteiger partial charge in [0.2, 0.25) is 0 Å². The van der Waals surface area contributed by atoms with E-state index in [4.69, 9.17) is 5.11 Å². The van der Waals surface area contributed by atoms with E-state index < -0.39 is 10.9 Å². The highest BCUT2D eigenvalue weighted by Crippen LogP contribution is 2.33. The van der Waals surface area contributed by atoms with Gasteiger partial charge in [0.05, 0.1) is 4.92 Å². The Kier molecular flexibility index (Phi) is 5.07. The van der Waals surface area contributed by atoms with Crippen LogP contribution in [-0.4, -0.2) is 29.1 Å². The van der Waals surface area contributed by atoms with Crippen molar-refractivity contribution >= 4 is 17.3 Å². The first kappa shape index (κ1) is 15.9. The summed E-state index contributed by atoms with van der Waals surface area (Å²) in [5.74, 6) is -0.836. The van der Waals surface area contributed by atoms with E-state index in [1.165, 1.54) is 12.1 Å². The maximum atomic E-state index is 11.2. The lowest BCUT2D eigenvalue weighted by Gasteiger charge is -2.28. The van der Waals surface area contributed by atoms with Gasteiger partial charge in [-0.2, -0.15) is 0 Å². The highest BCUT2D eigenvalue weighted by molar-refractivity contribution is 5.95. The number of hydrogen-bond donors (Lipinski definition) is 1. The Morgan fingerprint density at radius 3 is 2.45 bits per heavy atom. The van der Waals surface area contributed by atoms with Gasteiger partial charge in [-0.15, -0.1) is 0 Å². The Morgan fingerprint density at radius 1 is 1.40 bits per heavy atom. The Hall–Kier alpha value is -2.11. The molecule has 6 heteroatoms. The number of nitrogens with zero attached hydrogens (tertiary/aromatic N) is 2. The second-order valence-corrected chi connectivity index (χ2v) is 5.33. The van der Waals surface area contributed by atoms with E-state index in [1.54, 1.807) is 18.0 Å². The van der Waals surface area contributed by atoms with Gasteiger partial charge in [0, 0.05) is 13.1 Å². The molecular formula is C14H20N2O4. The topological polar surface area (TPSA) is 83.7 Å². The number of hydrogen-bond acceptors (Lipinski definition) is 4. The lowest BCUT2D eigenvalue weighted by Crippen LogP contribution is -2.30. The van der Waals surface area contributed by atoms with Crippen molar-refractivity contribution in [3.63, 3.8) is 0 Å². The molecule has 1 atom stereocenters. The van der Waals surface area contributed by atoms with E-state index in [9.17, 15) is 14.9 Å². The summed E-state index contributed by atoms with van der Waals surface area (Å²) in [5, 5.41) is 20.3. The van der Waals surface area contributed by atoms with Gasteiger partial charge < -0.3 is 10.0 Å². The fourth-order valence-electron chi connectivity index (χ4n) is 2.26. The van der Waals surface area contributed by atoms with Crippen molar-refractivity contribution in [2.45, 2.75) is 33.2 Å². The SMILES string of the molecule is CC(C)CC(C)N(C)c1cccc(C(=O)O)c1[N+](=O)[O-]. The van der Waals surface area contributed by atoms with Crippen LogP contribution in [0.3, 0.4) is 0 Å². The first-order valence-electron chi connectivity index (χ1n) is 6.49. The average Bonchev–Trinajstić information content (AvgIpc) is 2.35. The van der Waals surface area contributed by atoms with Crippen LogP contribution in [0.4, 0.5) is 11.4 Å². The van der Waals surface area contributed by atoms with Crippen LogP contribution in [0.5, 0.6) is 0 Å². The number of benzene rings is 1. The lowest BCUT2D eigenvalue weighted by atomic mass is 10.0. The molecule has 0 bridgehead atoms. The Balaban J connectivity index is 3.27.